The molecular formula is C18H19F3N2OS. The van der Waals surface area contributed by atoms with Gasteiger partial charge < -0.3 is 5.32 Å². The molecule has 7 heteroatoms. The molecule has 1 aliphatic heterocycles. The molecule has 3 nitrogen and oxygen atoms in total. The van der Waals surface area contributed by atoms with Gasteiger partial charge in [-0.1, -0.05) is 48.5 Å². The van der Waals surface area contributed by atoms with E-state index in [0.717, 1.165) is 27.5 Å². The summed E-state index contributed by atoms with van der Waals surface area (Å²) in [5.41, 5.74) is -2.08. The maximum atomic E-state index is 13.0. The first-order valence-electron chi connectivity index (χ1n) is 8.05. The average molecular weight is 368 g/mol. The van der Waals surface area contributed by atoms with Crippen LogP contribution in [0.4, 0.5) is 18.9 Å². The van der Waals surface area contributed by atoms with Crippen LogP contribution in [0.15, 0.2) is 54.6 Å². The minimum absolute atomic E-state index is 0.0110. The van der Waals surface area contributed by atoms with Crippen LogP contribution in [0.25, 0.3) is 0 Å². The lowest BCUT2D eigenvalue weighted by molar-refractivity contribution is -0.0430. The summed E-state index contributed by atoms with van der Waals surface area (Å²) >= 11 is 0. The van der Waals surface area contributed by atoms with Crippen molar-refractivity contribution in [1.29, 1.82) is 0 Å². The molecule has 2 aromatic carbocycles. The predicted molar refractivity (Wildman–Crippen MR) is 93.2 cm³/mol. The van der Waals surface area contributed by atoms with Gasteiger partial charge in [0.25, 0.3) is 0 Å². The van der Waals surface area contributed by atoms with E-state index in [0.29, 0.717) is 6.42 Å². The predicted octanol–water partition coefficient (Wildman–Crippen LogP) is 4.10. The summed E-state index contributed by atoms with van der Waals surface area (Å²) in [6, 6.07) is 16.8. The van der Waals surface area contributed by atoms with Gasteiger partial charge >= 0.3 is 5.51 Å². The van der Waals surface area contributed by atoms with Gasteiger partial charge in [-0.05, 0) is 30.0 Å². The van der Waals surface area contributed by atoms with Gasteiger partial charge in [0.1, 0.15) is 0 Å². The van der Waals surface area contributed by atoms with Crippen LogP contribution in [0.2, 0.25) is 0 Å². The second-order valence-corrected chi connectivity index (χ2v) is 7.52. The molecule has 134 valence electrons. The number of hydrogen-bond acceptors (Lipinski definition) is 2. The van der Waals surface area contributed by atoms with Gasteiger partial charge in [-0.3, -0.25) is 0 Å². The zero-order chi connectivity index (χ0) is 17.9. The Hall–Kier alpha value is -1.86. The molecule has 2 atom stereocenters. The van der Waals surface area contributed by atoms with Crippen molar-refractivity contribution < 1.29 is 17.4 Å². The van der Waals surface area contributed by atoms with Gasteiger partial charge in [0.2, 0.25) is 11.0 Å². The van der Waals surface area contributed by atoms with E-state index in [4.69, 9.17) is 0 Å². The molecular weight excluding hydrogens is 349 g/mol. The summed E-state index contributed by atoms with van der Waals surface area (Å²) in [4.78, 5) is 0. The van der Waals surface area contributed by atoms with Crippen LogP contribution in [-0.4, -0.2) is 26.6 Å². The van der Waals surface area contributed by atoms with Crippen molar-refractivity contribution in [3.05, 3.63) is 65.7 Å². The Labute approximate surface area is 147 Å². The quantitative estimate of drug-likeness (QED) is 0.881. The van der Waals surface area contributed by atoms with E-state index in [1.807, 2.05) is 42.5 Å². The summed E-state index contributed by atoms with van der Waals surface area (Å²) in [7, 11) is -3.02. The van der Waals surface area contributed by atoms with E-state index in [9.17, 15) is 17.4 Å². The third kappa shape index (κ3) is 4.61. The fourth-order valence-electron chi connectivity index (χ4n) is 2.99. The normalized spacial score (nSPS) is 19.6. The van der Waals surface area contributed by atoms with E-state index < -0.39 is 16.5 Å². The lowest BCUT2D eigenvalue weighted by Gasteiger charge is -2.24. The molecule has 2 aromatic rings. The first-order chi connectivity index (χ1) is 11.9. The summed E-state index contributed by atoms with van der Waals surface area (Å²) in [5, 5.41) is 3.32. The van der Waals surface area contributed by atoms with Gasteiger partial charge in [-0.2, -0.15) is 13.2 Å². The highest BCUT2D eigenvalue weighted by Gasteiger charge is 2.42. The number of para-hydroxylation sites is 1. The lowest BCUT2D eigenvalue weighted by Crippen LogP contribution is -2.40. The Bertz CT molecular complexity index is 737. The number of rotatable bonds is 4. The summed E-state index contributed by atoms with van der Waals surface area (Å²) in [6.07, 6.45) is 1.40. The van der Waals surface area contributed by atoms with Gasteiger partial charge in [-0.25, -0.2) is 8.51 Å². The molecule has 0 aliphatic carbocycles. The smallest absolute Gasteiger partial charge is 0.381 e. The zero-order valence-electron chi connectivity index (χ0n) is 13.5. The SMILES string of the molecule is O=S(N1Cc2ccccc2NC(CCc2ccccc2)C1)C(F)(F)F. The monoisotopic (exact) mass is 368 g/mol. The number of anilines is 1. The minimum Gasteiger partial charge on any atom is -0.381 e. The van der Waals surface area contributed by atoms with Gasteiger partial charge in [0.05, 0.1) is 0 Å². The Kier molecular flexibility index (Phi) is 5.44. The number of hydrogen-bond donors (Lipinski definition) is 1. The second kappa shape index (κ2) is 7.58. The summed E-state index contributed by atoms with van der Waals surface area (Å²) < 4.78 is 51.8. The molecule has 1 aliphatic rings. The highest BCUT2D eigenvalue weighted by atomic mass is 32.2. The molecule has 0 saturated heterocycles. The van der Waals surface area contributed by atoms with Gasteiger partial charge in [0.15, 0.2) is 0 Å². The summed E-state index contributed by atoms with van der Waals surface area (Å²) in [6.45, 7) is 0.0881. The van der Waals surface area contributed by atoms with Gasteiger partial charge in [0, 0.05) is 24.8 Å². The van der Waals surface area contributed by atoms with Crippen LogP contribution in [0.5, 0.6) is 0 Å². The molecule has 1 N–H and O–H groups in total. The number of nitrogens with zero attached hydrogens (tertiary/aromatic N) is 1. The van der Waals surface area contributed by atoms with Crippen LogP contribution >= 0.6 is 0 Å². The Morgan fingerprint density at radius 3 is 2.48 bits per heavy atom. The molecule has 1 heterocycles. The van der Waals surface area contributed by atoms with Crippen LogP contribution in [0.1, 0.15) is 17.5 Å². The maximum absolute atomic E-state index is 13.0. The van der Waals surface area contributed by atoms with E-state index >= 15 is 0 Å². The van der Waals surface area contributed by atoms with E-state index in [1.165, 1.54) is 0 Å². The van der Waals surface area contributed by atoms with Crippen molar-refractivity contribution >= 4 is 16.7 Å². The van der Waals surface area contributed by atoms with Crippen molar-refractivity contribution in [2.45, 2.75) is 30.9 Å². The largest absolute Gasteiger partial charge is 0.485 e. The first kappa shape index (κ1) is 17.9. The van der Waals surface area contributed by atoms with Crippen LogP contribution in [0, 0.1) is 0 Å². The van der Waals surface area contributed by atoms with E-state index in [-0.39, 0.29) is 19.1 Å². The number of nitrogens with one attached hydrogen (secondary N) is 1. The average Bonchev–Trinajstić information content (AvgIpc) is 2.78. The third-order valence-electron chi connectivity index (χ3n) is 4.20. The topological polar surface area (TPSA) is 32.3 Å². The molecule has 0 bridgehead atoms. The number of benzene rings is 2. The molecule has 3 rings (SSSR count). The second-order valence-electron chi connectivity index (χ2n) is 6.04. The van der Waals surface area contributed by atoms with Crippen molar-refractivity contribution in [2.24, 2.45) is 0 Å². The molecule has 2 unspecified atom stereocenters. The summed E-state index contributed by atoms with van der Waals surface area (Å²) in [5.74, 6) is 0. The highest BCUT2D eigenvalue weighted by Crippen LogP contribution is 2.29. The van der Waals surface area contributed by atoms with Crippen molar-refractivity contribution in [3.63, 3.8) is 0 Å². The van der Waals surface area contributed by atoms with E-state index in [2.05, 4.69) is 5.32 Å². The Balaban J connectivity index is 1.79. The molecule has 0 saturated carbocycles. The number of fused-ring (bicyclic) bond motifs is 1. The van der Waals surface area contributed by atoms with Crippen LogP contribution < -0.4 is 5.32 Å². The third-order valence-corrected chi connectivity index (χ3v) is 5.35. The van der Waals surface area contributed by atoms with Crippen molar-refractivity contribution in [1.82, 2.24) is 4.31 Å². The molecule has 25 heavy (non-hydrogen) atoms. The Morgan fingerprint density at radius 1 is 1.08 bits per heavy atom. The maximum Gasteiger partial charge on any atom is 0.485 e. The Morgan fingerprint density at radius 2 is 1.76 bits per heavy atom. The fourth-order valence-corrected chi connectivity index (χ4v) is 3.85. The van der Waals surface area contributed by atoms with Crippen molar-refractivity contribution in [3.8, 4) is 0 Å². The minimum atomic E-state index is -4.75. The van der Waals surface area contributed by atoms with Crippen LogP contribution in [-0.2, 0) is 24.0 Å². The van der Waals surface area contributed by atoms with E-state index in [1.54, 1.807) is 12.1 Å². The molecule has 0 aromatic heterocycles. The number of aryl methyl sites for hydroxylation is 1. The zero-order valence-corrected chi connectivity index (χ0v) is 14.3. The number of alkyl halides is 3. The lowest BCUT2D eigenvalue weighted by atomic mass is 10.0. The first-order valence-corrected chi connectivity index (χ1v) is 9.16. The molecule has 0 radical (unpaired) electrons. The van der Waals surface area contributed by atoms with Gasteiger partial charge in [-0.15, -0.1) is 0 Å². The standard InChI is InChI=1S/C18H19F3N2OS/c19-18(20,21)25(24)23-12-15-8-4-5-9-17(15)22-16(13-23)11-10-14-6-2-1-3-7-14/h1-9,16,22H,10-13H2. The van der Waals surface area contributed by atoms with Crippen LogP contribution in [0.3, 0.4) is 0 Å². The molecule has 0 spiro atoms. The molecule has 0 fully saturated rings. The van der Waals surface area contributed by atoms with Crippen molar-refractivity contribution in [2.75, 3.05) is 11.9 Å². The molecule has 0 amide bonds. The fraction of sp³-hybridized carbons (Fsp3) is 0.333. The highest BCUT2D eigenvalue weighted by molar-refractivity contribution is 7.83. The number of halogens is 3.